The van der Waals surface area contributed by atoms with Gasteiger partial charge in [0.2, 0.25) is 0 Å². The van der Waals surface area contributed by atoms with Crippen molar-refractivity contribution in [3.8, 4) is 5.75 Å². The summed E-state index contributed by atoms with van der Waals surface area (Å²) in [6.07, 6.45) is 0.913. The number of hydrogen-bond acceptors (Lipinski definition) is 3. The third-order valence-electron chi connectivity index (χ3n) is 3.00. The average molecular weight is 284 g/mol. The minimum atomic E-state index is -0.201. The second-order valence-electron chi connectivity index (χ2n) is 4.93. The molecule has 1 amide bonds. The molecule has 4 nitrogen and oxygen atoms in total. The summed E-state index contributed by atoms with van der Waals surface area (Å²) in [5, 5.41) is 2.87. The first-order valence-electron chi connectivity index (χ1n) is 7.00. The van der Waals surface area contributed by atoms with E-state index in [1.54, 1.807) is 24.3 Å². The van der Waals surface area contributed by atoms with E-state index in [0.717, 1.165) is 12.0 Å². The average Bonchev–Trinajstić information content (AvgIpc) is 2.47. The molecule has 0 radical (unpaired) electrons. The fourth-order valence-corrected chi connectivity index (χ4v) is 1.94. The molecule has 2 aromatic carbocycles. The van der Waals surface area contributed by atoms with E-state index in [9.17, 15) is 4.79 Å². The number of carbonyl (C=O) groups excluding carboxylic acids is 1. The summed E-state index contributed by atoms with van der Waals surface area (Å²) in [4.78, 5) is 12.3. The van der Waals surface area contributed by atoms with Gasteiger partial charge in [0, 0.05) is 11.3 Å². The van der Waals surface area contributed by atoms with Crippen LogP contribution in [0.4, 0.5) is 11.4 Å². The molecule has 3 N–H and O–H groups in total. The lowest BCUT2D eigenvalue weighted by atomic mass is 10.1. The smallest absolute Gasteiger partial charge is 0.255 e. The first-order valence-corrected chi connectivity index (χ1v) is 7.00. The Kier molecular flexibility index (Phi) is 4.82. The molecule has 0 saturated heterocycles. The van der Waals surface area contributed by atoms with Gasteiger partial charge in [0.1, 0.15) is 5.75 Å². The number of ether oxygens (including phenoxy) is 1. The molecule has 0 heterocycles. The highest BCUT2D eigenvalue weighted by Crippen LogP contribution is 2.26. The number of anilines is 2. The highest BCUT2D eigenvalue weighted by molar-refractivity contribution is 6.05. The number of amides is 1. The largest absolute Gasteiger partial charge is 0.491 e. The van der Waals surface area contributed by atoms with Crippen LogP contribution >= 0.6 is 0 Å². The van der Waals surface area contributed by atoms with Crippen molar-refractivity contribution in [3.05, 3.63) is 53.6 Å². The summed E-state index contributed by atoms with van der Waals surface area (Å²) in [5.41, 5.74) is 8.54. The summed E-state index contributed by atoms with van der Waals surface area (Å²) >= 11 is 0. The number of aryl methyl sites for hydroxylation is 1. The van der Waals surface area contributed by atoms with E-state index in [1.165, 1.54) is 0 Å². The van der Waals surface area contributed by atoms with Crippen molar-refractivity contribution in [2.24, 2.45) is 0 Å². The van der Waals surface area contributed by atoms with Crippen LogP contribution in [0.15, 0.2) is 42.5 Å². The second-order valence-corrected chi connectivity index (χ2v) is 4.93. The van der Waals surface area contributed by atoms with Gasteiger partial charge < -0.3 is 15.8 Å². The highest BCUT2D eigenvalue weighted by Gasteiger charge is 2.10. The zero-order valence-electron chi connectivity index (χ0n) is 12.3. The van der Waals surface area contributed by atoms with Gasteiger partial charge in [-0.3, -0.25) is 4.79 Å². The van der Waals surface area contributed by atoms with Crippen LogP contribution < -0.4 is 15.8 Å². The van der Waals surface area contributed by atoms with Crippen LogP contribution in [0.5, 0.6) is 5.75 Å². The van der Waals surface area contributed by atoms with Gasteiger partial charge in [-0.05, 0) is 49.2 Å². The van der Waals surface area contributed by atoms with Gasteiger partial charge in [-0.25, -0.2) is 0 Å². The molecule has 0 aliphatic carbocycles. The van der Waals surface area contributed by atoms with Crippen LogP contribution in [-0.2, 0) is 0 Å². The van der Waals surface area contributed by atoms with E-state index >= 15 is 0 Å². The Bertz CT molecular complexity index is 638. The minimum Gasteiger partial charge on any atom is -0.491 e. The molecular weight excluding hydrogens is 264 g/mol. The lowest BCUT2D eigenvalue weighted by Gasteiger charge is -2.13. The van der Waals surface area contributed by atoms with Crippen LogP contribution in [0.1, 0.15) is 29.3 Å². The van der Waals surface area contributed by atoms with Crippen LogP contribution in [0, 0.1) is 6.92 Å². The number of rotatable bonds is 5. The number of nitrogens with two attached hydrogens (primary N) is 1. The number of hydrogen-bond donors (Lipinski definition) is 2. The van der Waals surface area contributed by atoms with E-state index in [4.69, 9.17) is 10.5 Å². The van der Waals surface area contributed by atoms with E-state index in [1.807, 2.05) is 32.0 Å². The number of nitrogen functional groups attached to an aromatic ring is 1. The predicted molar refractivity (Wildman–Crippen MR) is 85.8 cm³/mol. The number of benzene rings is 2. The number of carbonyl (C=O) groups is 1. The molecule has 0 aliphatic heterocycles. The molecule has 2 rings (SSSR count). The molecule has 0 spiro atoms. The fraction of sp³-hybridized carbons (Fsp3) is 0.235. The van der Waals surface area contributed by atoms with Crippen LogP contribution in [-0.4, -0.2) is 12.5 Å². The zero-order chi connectivity index (χ0) is 15.2. The second kappa shape index (κ2) is 6.79. The first-order chi connectivity index (χ1) is 10.1. The molecule has 0 unspecified atom stereocenters. The summed E-state index contributed by atoms with van der Waals surface area (Å²) in [6.45, 7) is 4.65. The van der Waals surface area contributed by atoms with Crippen LogP contribution in [0.25, 0.3) is 0 Å². The van der Waals surface area contributed by atoms with Gasteiger partial charge in [-0.15, -0.1) is 0 Å². The Labute approximate surface area is 124 Å². The van der Waals surface area contributed by atoms with E-state index in [-0.39, 0.29) is 5.91 Å². The lowest BCUT2D eigenvalue weighted by molar-refractivity contribution is 0.102. The molecule has 110 valence electrons. The third kappa shape index (κ3) is 3.99. The highest BCUT2D eigenvalue weighted by atomic mass is 16.5. The monoisotopic (exact) mass is 284 g/mol. The topological polar surface area (TPSA) is 64.3 Å². The van der Waals surface area contributed by atoms with Crippen molar-refractivity contribution in [2.45, 2.75) is 20.3 Å². The summed E-state index contributed by atoms with van der Waals surface area (Å²) in [7, 11) is 0. The lowest BCUT2D eigenvalue weighted by Crippen LogP contribution is -2.13. The van der Waals surface area contributed by atoms with Crippen LogP contribution in [0.3, 0.4) is 0 Å². The van der Waals surface area contributed by atoms with E-state index < -0.39 is 0 Å². The predicted octanol–water partition coefficient (Wildman–Crippen LogP) is 3.62. The minimum absolute atomic E-state index is 0.201. The maximum absolute atomic E-state index is 12.3. The molecule has 2 aromatic rings. The summed E-state index contributed by atoms with van der Waals surface area (Å²) in [6, 6.07) is 12.6. The van der Waals surface area contributed by atoms with Gasteiger partial charge >= 0.3 is 0 Å². The molecule has 0 aromatic heterocycles. The Morgan fingerprint density at radius 3 is 2.76 bits per heavy atom. The van der Waals surface area contributed by atoms with Gasteiger partial charge in [0.05, 0.1) is 12.3 Å². The molecular formula is C17H20N2O2. The Morgan fingerprint density at radius 1 is 1.24 bits per heavy atom. The van der Waals surface area contributed by atoms with E-state index in [0.29, 0.717) is 29.3 Å². The van der Waals surface area contributed by atoms with Crippen LogP contribution in [0.2, 0.25) is 0 Å². The van der Waals surface area contributed by atoms with Crippen molar-refractivity contribution >= 4 is 17.3 Å². The molecule has 0 aliphatic rings. The van der Waals surface area contributed by atoms with Crippen molar-refractivity contribution in [3.63, 3.8) is 0 Å². The number of nitrogens with one attached hydrogen (secondary N) is 1. The Balaban J connectivity index is 2.20. The van der Waals surface area contributed by atoms with Gasteiger partial charge in [0.15, 0.2) is 0 Å². The SMILES string of the molecule is CCCOc1cc(C)ccc1NC(=O)c1cccc(N)c1. The fourth-order valence-electron chi connectivity index (χ4n) is 1.94. The molecule has 0 saturated carbocycles. The maximum Gasteiger partial charge on any atom is 0.255 e. The molecule has 21 heavy (non-hydrogen) atoms. The zero-order valence-corrected chi connectivity index (χ0v) is 12.3. The Hall–Kier alpha value is -2.49. The van der Waals surface area contributed by atoms with Crippen molar-refractivity contribution in [2.75, 3.05) is 17.7 Å². The van der Waals surface area contributed by atoms with Gasteiger partial charge in [0.25, 0.3) is 5.91 Å². The van der Waals surface area contributed by atoms with Gasteiger partial charge in [-0.1, -0.05) is 19.1 Å². The maximum atomic E-state index is 12.3. The molecule has 0 bridgehead atoms. The van der Waals surface area contributed by atoms with Crippen molar-refractivity contribution in [1.29, 1.82) is 0 Å². The summed E-state index contributed by atoms with van der Waals surface area (Å²) < 4.78 is 5.69. The molecule has 4 heteroatoms. The third-order valence-corrected chi connectivity index (χ3v) is 3.00. The Morgan fingerprint density at radius 2 is 2.05 bits per heavy atom. The first kappa shape index (κ1) is 14.9. The van der Waals surface area contributed by atoms with E-state index in [2.05, 4.69) is 5.32 Å². The standard InChI is InChI=1S/C17H20N2O2/c1-3-9-21-16-10-12(2)7-8-15(16)19-17(20)13-5-4-6-14(18)11-13/h4-8,10-11H,3,9,18H2,1-2H3,(H,19,20). The van der Waals surface area contributed by atoms with Crippen molar-refractivity contribution in [1.82, 2.24) is 0 Å². The van der Waals surface area contributed by atoms with Gasteiger partial charge in [-0.2, -0.15) is 0 Å². The molecule has 0 atom stereocenters. The molecule has 0 fully saturated rings. The van der Waals surface area contributed by atoms with Crippen molar-refractivity contribution < 1.29 is 9.53 Å². The summed E-state index contributed by atoms with van der Waals surface area (Å²) in [5.74, 6) is 0.488. The normalized spacial score (nSPS) is 10.2. The quantitative estimate of drug-likeness (QED) is 0.824.